The zero-order chi connectivity index (χ0) is 21.5. The van der Waals surface area contributed by atoms with Gasteiger partial charge in [-0.3, -0.25) is 10.2 Å². The lowest BCUT2D eigenvalue weighted by atomic mass is 10.1. The second-order valence-corrected chi connectivity index (χ2v) is 6.81. The number of nitrogens with zero attached hydrogens (tertiary/aromatic N) is 3. The van der Waals surface area contributed by atoms with Crippen molar-refractivity contribution in [2.45, 2.75) is 19.1 Å². The predicted molar refractivity (Wildman–Crippen MR) is 108 cm³/mol. The van der Waals surface area contributed by atoms with Crippen molar-refractivity contribution in [3.05, 3.63) is 42.0 Å². The van der Waals surface area contributed by atoms with Gasteiger partial charge < -0.3 is 24.8 Å². The van der Waals surface area contributed by atoms with Crippen LogP contribution in [0.1, 0.15) is 12.0 Å². The predicted octanol–water partition coefficient (Wildman–Crippen LogP) is 1.50. The van der Waals surface area contributed by atoms with E-state index in [9.17, 15) is 9.18 Å². The quantitative estimate of drug-likeness (QED) is 0.376. The maximum absolute atomic E-state index is 14.9. The van der Waals surface area contributed by atoms with Crippen LogP contribution in [0.4, 0.5) is 10.3 Å². The summed E-state index contributed by atoms with van der Waals surface area (Å²) in [6, 6.07) is 4.80. The smallest absolute Gasteiger partial charge is 0.313 e. The molecule has 1 saturated heterocycles. The molecule has 2 heterocycles. The molecule has 0 bridgehead atoms. The average Bonchev–Trinajstić information content (AvgIpc) is 2.73. The van der Waals surface area contributed by atoms with E-state index in [0.29, 0.717) is 43.4 Å². The highest BCUT2D eigenvalue weighted by Crippen LogP contribution is 2.25. The summed E-state index contributed by atoms with van der Waals surface area (Å²) in [6.07, 6.45) is 2.75. The molecular formula is C20H24FN5O4. The van der Waals surface area contributed by atoms with Crippen molar-refractivity contribution in [1.29, 1.82) is 5.41 Å². The number of amidine groups is 1. The molecule has 1 aromatic carbocycles. The zero-order valence-corrected chi connectivity index (χ0v) is 16.6. The van der Waals surface area contributed by atoms with Crippen molar-refractivity contribution in [3.8, 4) is 11.1 Å². The molecule has 30 heavy (non-hydrogen) atoms. The van der Waals surface area contributed by atoms with E-state index in [4.69, 9.17) is 25.4 Å². The van der Waals surface area contributed by atoms with Crippen molar-refractivity contribution < 1.29 is 23.4 Å². The second kappa shape index (κ2) is 10.1. The summed E-state index contributed by atoms with van der Waals surface area (Å²) in [5.74, 6) is -0.966. The third-order valence-corrected chi connectivity index (χ3v) is 4.53. The fourth-order valence-corrected chi connectivity index (χ4v) is 3.09. The van der Waals surface area contributed by atoms with Crippen LogP contribution in [-0.4, -0.2) is 61.3 Å². The molecule has 9 nitrogen and oxygen atoms in total. The molecule has 10 heteroatoms. The third kappa shape index (κ3) is 5.49. The number of aromatic nitrogens is 2. The van der Waals surface area contributed by atoms with Gasteiger partial charge in [0.25, 0.3) is 0 Å². The topological polar surface area (TPSA) is 124 Å². The number of rotatable bonds is 8. The number of halogens is 1. The van der Waals surface area contributed by atoms with E-state index in [0.717, 1.165) is 0 Å². The van der Waals surface area contributed by atoms with Gasteiger partial charge in [0.15, 0.2) is 0 Å². The number of morpholine rings is 1. The maximum atomic E-state index is 14.9. The van der Waals surface area contributed by atoms with Crippen LogP contribution < -0.4 is 10.6 Å². The Labute approximate surface area is 173 Å². The Hall–Kier alpha value is -3.11. The fourth-order valence-electron chi connectivity index (χ4n) is 3.09. The van der Waals surface area contributed by atoms with Crippen molar-refractivity contribution >= 4 is 17.8 Å². The number of benzene rings is 1. The second-order valence-electron chi connectivity index (χ2n) is 6.81. The molecule has 1 aliphatic heterocycles. The highest BCUT2D eigenvalue weighted by molar-refractivity contribution is 5.94. The number of carbonyl (C=O) groups is 1. The lowest BCUT2D eigenvalue weighted by Gasteiger charge is -2.32. The highest BCUT2D eigenvalue weighted by atomic mass is 19.1. The SMILES string of the molecule is COC[C@H]1CN(c2ncc(-c3cccc(COC(=O)CC(=N)N)c3F)cn2)CCO1. The number of hydrogen-bond donors (Lipinski definition) is 2. The molecule has 1 aromatic heterocycles. The zero-order valence-electron chi connectivity index (χ0n) is 16.6. The first kappa shape index (κ1) is 21.6. The van der Waals surface area contributed by atoms with E-state index in [2.05, 4.69) is 9.97 Å². The van der Waals surface area contributed by atoms with Crippen LogP contribution in [0.3, 0.4) is 0 Å². The van der Waals surface area contributed by atoms with Crippen molar-refractivity contribution in [1.82, 2.24) is 9.97 Å². The Bertz CT molecular complexity index is 891. The van der Waals surface area contributed by atoms with E-state index < -0.39 is 11.8 Å². The number of nitrogens with two attached hydrogens (primary N) is 1. The molecule has 3 N–H and O–H groups in total. The normalized spacial score (nSPS) is 16.3. The van der Waals surface area contributed by atoms with Gasteiger partial charge in [0.1, 0.15) is 24.7 Å². The summed E-state index contributed by atoms with van der Waals surface area (Å²) in [7, 11) is 1.63. The molecule has 1 atom stereocenters. The average molecular weight is 417 g/mol. The number of carbonyl (C=O) groups excluding carboxylic acids is 1. The summed E-state index contributed by atoms with van der Waals surface area (Å²) >= 11 is 0. The van der Waals surface area contributed by atoms with Crippen LogP contribution in [-0.2, 0) is 25.6 Å². The molecule has 0 aliphatic carbocycles. The van der Waals surface area contributed by atoms with Gasteiger partial charge in [-0.25, -0.2) is 14.4 Å². The van der Waals surface area contributed by atoms with E-state index in [-0.39, 0.29) is 30.5 Å². The van der Waals surface area contributed by atoms with Crippen LogP contribution in [0.15, 0.2) is 30.6 Å². The molecule has 3 rings (SSSR count). The molecular weight excluding hydrogens is 393 g/mol. The highest BCUT2D eigenvalue weighted by Gasteiger charge is 2.22. The first-order chi connectivity index (χ1) is 14.5. The molecule has 0 amide bonds. The Morgan fingerprint density at radius 1 is 1.40 bits per heavy atom. The summed E-state index contributed by atoms with van der Waals surface area (Å²) in [5, 5.41) is 7.09. The van der Waals surface area contributed by atoms with E-state index in [1.807, 2.05) is 4.90 Å². The third-order valence-electron chi connectivity index (χ3n) is 4.53. The van der Waals surface area contributed by atoms with Crippen LogP contribution in [0.5, 0.6) is 0 Å². The maximum Gasteiger partial charge on any atom is 0.313 e. The van der Waals surface area contributed by atoms with E-state index >= 15 is 0 Å². The largest absolute Gasteiger partial charge is 0.460 e. The molecule has 1 aliphatic rings. The minimum absolute atomic E-state index is 0.0492. The summed E-state index contributed by atoms with van der Waals surface area (Å²) in [6.45, 7) is 2.07. The molecule has 0 spiro atoms. The standard InChI is InChI=1S/C20H24FN5O4/c1-28-12-15-10-26(5-6-29-15)20-24-8-14(9-25-20)16-4-2-3-13(19(16)21)11-30-18(27)7-17(22)23/h2-4,8-9,15H,5-7,10-12H2,1H3,(H3,22,23)/t15-/m1/s1. The van der Waals surface area contributed by atoms with Gasteiger partial charge >= 0.3 is 5.97 Å². The summed E-state index contributed by atoms with van der Waals surface area (Å²) < 4.78 is 30.7. The van der Waals surface area contributed by atoms with Gasteiger partial charge in [0.05, 0.1) is 19.3 Å². The van der Waals surface area contributed by atoms with Crippen molar-refractivity contribution in [3.63, 3.8) is 0 Å². The van der Waals surface area contributed by atoms with Crippen LogP contribution in [0, 0.1) is 11.2 Å². The summed E-state index contributed by atoms with van der Waals surface area (Å²) in [4.78, 5) is 22.3. The number of esters is 1. The van der Waals surface area contributed by atoms with Gasteiger partial charge in [0, 0.05) is 49.3 Å². The monoisotopic (exact) mass is 417 g/mol. The van der Waals surface area contributed by atoms with Gasteiger partial charge in [-0.15, -0.1) is 0 Å². The van der Waals surface area contributed by atoms with Crippen molar-refractivity contribution in [2.75, 3.05) is 38.3 Å². The first-order valence-corrected chi connectivity index (χ1v) is 9.41. The summed E-state index contributed by atoms with van der Waals surface area (Å²) in [5.41, 5.74) is 6.19. The van der Waals surface area contributed by atoms with E-state index in [1.165, 1.54) is 6.07 Å². The van der Waals surface area contributed by atoms with Gasteiger partial charge in [-0.05, 0) is 0 Å². The molecule has 1 fully saturated rings. The Kier molecular flexibility index (Phi) is 7.26. The molecule has 0 saturated carbocycles. The van der Waals surface area contributed by atoms with Gasteiger partial charge in [-0.2, -0.15) is 0 Å². The van der Waals surface area contributed by atoms with Crippen LogP contribution in [0.2, 0.25) is 0 Å². The van der Waals surface area contributed by atoms with Crippen LogP contribution >= 0.6 is 0 Å². The molecule has 2 aromatic rings. The number of anilines is 1. The number of methoxy groups -OCH3 is 1. The Balaban J connectivity index is 1.70. The van der Waals surface area contributed by atoms with E-state index in [1.54, 1.807) is 31.6 Å². The Morgan fingerprint density at radius 2 is 2.17 bits per heavy atom. The molecule has 0 unspecified atom stereocenters. The number of hydrogen-bond acceptors (Lipinski definition) is 8. The lowest BCUT2D eigenvalue weighted by molar-refractivity contribution is -0.143. The van der Waals surface area contributed by atoms with Crippen LogP contribution in [0.25, 0.3) is 11.1 Å². The number of ether oxygens (including phenoxy) is 3. The minimum atomic E-state index is -0.683. The van der Waals surface area contributed by atoms with Gasteiger partial charge in [-0.1, -0.05) is 18.2 Å². The number of nitrogens with one attached hydrogen (secondary N) is 1. The first-order valence-electron chi connectivity index (χ1n) is 9.41. The lowest BCUT2D eigenvalue weighted by Crippen LogP contribution is -2.45. The van der Waals surface area contributed by atoms with Gasteiger partial charge in [0.2, 0.25) is 5.95 Å². The van der Waals surface area contributed by atoms with Crippen molar-refractivity contribution in [2.24, 2.45) is 5.73 Å². The minimum Gasteiger partial charge on any atom is -0.460 e. The fraction of sp³-hybridized carbons (Fsp3) is 0.400. The Morgan fingerprint density at radius 3 is 2.87 bits per heavy atom. The molecule has 0 radical (unpaired) electrons. The molecule has 160 valence electrons.